The summed E-state index contributed by atoms with van der Waals surface area (Å²) >= 11 is 1.40. The molecule has 0 unspecified atom stereocenters. The van der Waals surface area contributed by atoms with Gasteiger partial charge >= 0.3 is 0 Å². The minimum Gasteiger partial charge on any atom is -0.311 e. The number of nitrogens with zero attached hydrogens (tertiary/aromatic N) is 2. The molecule has 0 N–H and O–H groups in total. The van der Waals surface area contributed by atoms with Gasteiger partial charge in [-0.25, -0.2) is 9.37 Å². The minimum absolute atomic E-state index is 0.0987. The van der Waals surface area contributed by atoms with Gasteiger partial charge in [0, 0.05) is 24.0 Å². The Labute approximate surface area is 139 Å². The van der Waals surface area contributed by atoms with Crippen LogP contribution in [0, 0.1) is 6.92 Å². The van der Waals surface area contributed by atoms with Crippen molar-refractivity contribution >= 4 is 23.4 Å². The van der Waals surface area contributed by atoms with Gasteiger partial charge in [-0.2, -0.15) is 0 Å². The number of hydrogen-bond acceptors (Lipinski definition) is 3. The van der Waals surface area contributed by atoms with Crippen LogP contribution in [0.25, 0.3) is 0 Å². The van der Waals surface area contributed by atoms with Crippen molar-refractivity contribution in [2.45, 2.75) is 31.5 Å². The average molecular weight is 330 g/mol. The van der Waals surface area contributed by atoms with Gasteiger partial charge in [-0.15, -0.1) is 0 Å². The van der Waals surface area contributed by atoms with Gasteiger partial charge in [0.15, 0.2) is 0 Å². The fourth-order valence-electron chi connectivity index (χ4n) is 2.89. The Kier molecular flexibility index (Phi) is 4.96. The predicted molar refractivity (Wildman–Crippen MR) is 91.6 cm³/mol. The zero-order chi connectivity index (χ0) is 16.2. The summed E-state index contributed by atoms with van der Waals surface area (Å²) in [4.78, 5) is 18.7. The van der Waals surface area contributed by atoms with E-state index in [2.05, 4.69) is 24.0 Å². The van der Waals surface area contributed by atoms with Crippen LogP contribution in [0.1, 0.15) is 23.1 Å². The van der Waals surface area contributed by atoms with Crippen LogP contribution in [0.15, 0.2) is 41.6 Å². The average Bonchev–Trinajstić information content (AvgIpc) is 2.60. The molecule has 1 aromatic heterocycles. The van der Waals surface area contributed by atoms with Gasteiger partial charge in [-0.05, 0) is 37.0 Å². The zero-order valence-electron chi connectivity index (χ0n) is 13.1. The second-order valence-corrected chi connectivity index (χ2v) is 6.65. The summed E-state index contributed by atoms with van der Waals surface area (Å²) in [5.74, 6) is 0.442. The lowest BCUT2D eigenvalue weighted by Gasteiger charge is -2.31. The van der Waals surface area contributed by atoms with Crippen molar-refractivity contribution in [1.82, 2.24) is 4.98 Å². The molecule has 1 aliphatic heterocycles. The number of aryl methyl sites for hydroxylation is 2. The van der Waals surface area contributed by atoms with E-state index >= 15 is 0 Å². The van der Waals surface area contributed by atoms with Gasteiger partial charge in [0.1, 0.15) is 6.67 Å². The van der Waals surface area contributed by atoms with E-state index in [0.717, 1.165) is 35.7 Å². The maximum atomic E-state index is 12.6. The van der Waals surface area contributed by atoms with Crippen molar-refractivity contribution in [3.8, 4) is 0 Å². The Hall–Kier alpha value is -1.88. The molecule has 0 radical (unpaired) electrons. The Bertz CT molecular complexity index is 703. The molecule has 0 spiro atoms. The molecule has 1 aliphatic rings. The highest BCUT2D eigenvalue weighted by molar-refractivity contribution is 7.99. The Morgan fingerprint density at radius 1 is 1.35 bits per heavy atom. The first-order valence-electron chi connectivity index (χ1n) is 7.71. The smallest absolute Gasteiger partial charge is 0.237 e. The standard InChI is InChI=1S/C18H19FN2OS/c1-13-4-2-5-15-6-3-9-21(18(13)15)17(22)12-23-16-8-7-14(10-19)11-20-16/h2,4-5,7-8,11H,3,6,9-10,12H2,1H3. The summed E-state index contributed by atoms with van der Waals surface area (Å²) in [5, 5.41) is 0.748. The molecule has 0 saturated heterocycles. The van der Waals surface area contributed by atoms with Crippen LogP contribution in [0.2, 0.25) is 0 Å². The maximum Gasteiger partial charge on any atom is 0.237 e. The highest BCUT2D eigenvalue weighted by Gasteiger charge is 2.23. The number of halogens is 1. The first-order valence-corrected chi connectivity index (χ1v) is 8.70. The fourth-order valence-corrected chi connectivity index (χ4v) is 3.60. The van der Waals surface area contributed by atoms with E-state index in [0.29, 0.717) is 11.3 Å². The molecular weight excluding hydrogens is 311 g/mol. The van der Waals surface area contributed by atoms with Gasteiger partial charge < -0.3 is 4.90 Å². The fraction of sp³-hybridized carbons (Fsp3) is 0.333. The van der Waals surface area contributed by atoms with E-state index in [9.17, 15) is 9.18 Å². The third-order valence-corrected chi connectivity index (χ3v) is 4.94. The number of anilines is 1. The number of carbonyl (C=O) groups excluding carboxylic acids is 1. The summed E-state index contributed by atoms with van der Waals surface area (Å²) in [6.45, 7) is 2.31. The van der Waals surface area contributed by atoms with E-state index in [1.165, 1.54) is 23.5 Å². The number of carbonyl (C=O) groups is 1. The monoisotopic (exact) mass is 330 g/mol. The number of rotatable bonds is 4. The summed E-state index contributed by atoms with van der Waals surface area (Å²) < 4.78 is 12.5. The molecular formula is C18H19FN2OS. The van der Waals surface area contributed by atoms with E-state index in [1.54, 1.807) is 12.1 Å². The molecule has 3 nitrogen and oxygen atoms in total. The highest BCUT2D eigenvalue weighted by Crippen LogP contribution is 2.31. The van der Waals surface area contributed by atoms with Crippen molar-refractivity contribution in [2.24, 2.45) is 0 Å². The highest BCUT2D eigenvalue weighted by atomic mass is 32.2. The molecule has 3 rings (SSSR count). The lowest BCUT2D eigenvalue weighted by Crippen LogP contribution is -2.37. The number of fused-ring (bicyclic) bond motifs is 1. The maximum absolute atomic E-state index is 12.6. The van der Waals surface area contributed by atoms with Crippen molar-refractivity contribution in [3.63, 3.8) is 0 Å². The van der Waals surface area contributed by atoms with Crippen molar-refractivity contribution in [1.29, 1.82) is 0 Å². The molecule has 2 aromatic rings. The van der Waals surface area contributed by atoms with Crippen LogP contribution in [-0.2, 0) is 17.9 Å². The molecule has 0 bridgehead atoms. The summed E-state index contributed by atoms with van der Waals surface area (Å²) in [6, 6.07) is 9.68. The van der Waals surface area contributed by atoms with Gasteiger partial charge in [-0.3, -0.25) is 4.79 Å². The van der Waals surface area contributed by atoms with Gasteiger partial charge in [0.05, 0.1) is 10.8 Å². The lowest BCUT2D eigenvalue weighted by atomic mass is 9.98. The van der Waals surface area contributed by atoms with E-state index in [-0.39, 0.29) is 5.91 Å². The summed E-state index contributed by atoms with van der Waals surface area (Å²) in [5.41, 5.74) is 4.03. The molecule has 2 heterocycles. The van der Waals surface area contributed by atoms with Crippen molar-refractivity contribution < 1.29 is 9.18 Å². The first kappa shape index (κ1) is 16.0. The third-order valence-electron chi connectivity index (χ3n) is 4.02. The second-order valence-electron chi connectivity index (χ2n) is 5.66. The number of hydrogen-bond donors (Lipinski definition) is 0. The number of amides is 1. The molecule has 5 heteroatoms. The second kappa shape index (κ2) is 7.13. The van der Waals surface area contributed by atoms with Crippen LogP contribution in [0.4, 0.5) is 10.1 Å². The molecule has 0 atom stereocenters. The molecule has 120 valence electrons. The van der Waals surface area contributed by atoms with Crippen LogP contribution in [-0.4, -0.2) is 23.2 Å². The van der Waals surface area contributed by atoms with E-state index in [4.69, 9.17) is 0 Å². The number of thioether (sulfide) groups is 1. The number of aromatic nitrogens is 1. The molecule has 0 fully saturated rings. The van der Waals surface area contributed by atoms with Crippen LogP contribution >= 0.6 is 11.8 Å². The normalized spacial score (nSPS) is 13.7. The Morgan fingerprint density at radius 2 is 2.22 bits per heavy atom. The quantitative estimate of drug-likeness (QED) is 0.796. The zero-order valence-corrected chi connectivity index (χ0v) is 13.9. The van der Waals surface area contributed by atoms with Crippen molar-refractivity contribution in [3.05, 3.63) is 53.2 Å². The molecule has 23 heavy (non-hydrogen) atoms. The Balaban J connectivity index is 1.69. The van der Waals surface area contributed by atoms with Gasteiger partial charge in [0.25, 0.3) is 0 Å². The number of para-hydroxylation sites is 1. The van der Waals surface area contributed by atoms with Crippen LogP contribution < -0.4 is 4.90 Å². The SMILES string of the molecule is Cc1cccc2c1N(C(=O)CSc1ccc(CF)cn1)CCC2. The van der Waals surface area contributed by atoms with Crippen molar-refractivity contribution in [2.75, 3.05) is 17.2 Å². The van der Waals surface area contributed by atoms with Crippen LogP contribution in [0.3, 0.4) is 0 Å². The molecule has 0 aliphatic carbocycles. The lowest BCUT2D eigenvalue weighted by molar-refractivity contribution is -0.116. The van der Waals surface area contributed by atoms with Crippen LogP contribution in [0.5, 0.6) is 0 Å². The summed E-state index contributed by atoms with van der Waals surface area (Å²) in [7, 11) is 0. The molecule has 1 aromatic carbocycles. The largest absolute Gasteiger partial charge is 0.311 e. The molecule has 1 amide bonds. The minimum atomic E-state index is -0.513. The van der Waals surface area contributed by atoms with Gasteiger partial charge in [0.2, 0.25) is 5.91 Å². The first-order chi connectivity index (χ1) is 11.2. The third kappa shape index (κ3) is 3.55. The Morgan fingerprint density at radius 3 is 2.96 bits per heavy atom. The molecule has 0 saturated carbocycles. The topological polar surface area (TPSA) is 33.2 Å². The summed E-state index contributed by atoms with van der Waals surface area (Å²) in [6.07, 6.45) is 3.55. The predicted octanol–water partition coefficient (Wildman–Crippen LogP) is 3.93. The van der Waals surface area contributed by atoms with E-state index < -0.39 is 6.67 Å². The number of benzene rings is 1. The number of pyridine rings is 1. The number of alkyl halides is 1. The van der Waals surface area contributed by atoms with Gasteiger partial charge in [-0.1, -0.05) is 36.0 Å². The van der Waals surface area contributed by atoms with E-state index in [1.807, 2.05) is 11.0 Å².